The summed E-state index contributed by atoms with van der Waals surface area (Å²) in [4.78, 5) is 24.5. The zero-order valence-corrected chi connectivity index (χ0v) is 12.7. The lowest BCUT2D eigenvalue weighted by molar-refractivity contribution is -0.118. The summed E-state index contributed by atoms with van der Waals surface area (Å²) in [5, 5.41) is 2.84. The van der Waals surface area contributed by atoms with Crippen LogP contribution >= 0.6 is 0 Å². The number of ether oxygens (including phenoxy) is 2. The Morgan fingerprint density at radius 3 is 2.70 bits per heavy atom. The van der Waals surface area contributed by atoms with E-state index >= 15 is 0 Å². The summed E-state index contributed by atoms with van der Waals surface area (Å²) in [6, 6.07) is 14.3. The maximum absolute atomic E-state index is 12.7. The molecule has 5 nitrogen and oxygen atoms in total. The second-order valence-corrected chi connectivity index (χ2v) is 5.25. The fourth-order valence-electron chi connectivity index (χ4n) is 2.71. The van der Waals surface area contributed by atoms with Crippen LogP contribution in [0.1, 0.15) is 28.3 Å². The average Bonchev–Trinajstić information content (AvgIpc) is 2.61. The van der Waals surface area contributed by atoms with Crippen molar-refractivity contribution in [3.8, 4) is 5.75 Å². The Morgan fingerprint density at radius 1 is 1.13 bits per heavy atom. The average molecular weight is 311 g/mol. The molecule has 118 valence electrons. The molecule has 1 aliphatic rings. The van der Waals surface area contributed by atoms with Gasteiger partial charge in [0.25, 0.3) is 0 Å². The predicted octanol–water partition coefficient (Wildman–Crippen LogP) is 2.98. The molecule has 1 atom stereocenters. The number of carbonyl (C=O) groups excluding carboxylic acids is 2. The summed E-state index contributed by atoms with van der Waals surface area (Å²) in [7, 11) is 1.32. The first-order chi connectivity index (χ1) is 11.2. The van der Waals surface area contributed by atoms with E-state index in [1.54, 1.807) is 24.3 Å². The van der Waals surface area contributed by atoms with Crippen molar-refractivity contribution >= 4 is 17.6 Å². The minimum atomic E-state index is -0.478. The largest absolute Gasteiger partial charge is 0.493 e. The van der Waals surface area contributed by atoms with Crippen LogP contribution in [0.2, 0.25) is 0 Å². The van der Waals surface area contributed by atoms with E-state index in [0.717, 1.165) is 11.3 Å². The molecule has 5 heteroatoms. The van der Waals surface area contributed by atoms with Gasteiger partial charge in [-0.15, -0.1) is 0 Å². The maximum Gasteiger partial charge on any atom is 0.339 e. The Bertz CT molecular complexity index is 741. The van der Waals surface area contributed by atoms with Gasteiger partial charge in [-0.25, -0.2) is 4.79 Å². The monoisotopic (exact) mass is 311 g/mol. The Balaban J connectivity index is 1.85. The van der Waals surface area contributed by atoms with Gasteiger partial charge in [0, 0.05) is 5.56 Å². The molecule has 1 heterocycles. The van der Waals surface area contributed by atoms with E-state index in [0.29, 0.717) is 24.3 Å². The SMILES string of the molecule is COC(=O)c1ccccc1NC(=O)C1CCOc2ccccc21. The first-order valence-corrected chi connectivity index (χ1v) is 7.40. The summed E-state index contributed by atoms with van der Waals surface area (Å²) in [6.07, 6.45) is 0.600. The number of carbonyl (C=O) groups is 2. The highest BCUT2D eigenvalue weighted by Gasteiger charge is 2.28. The third kappa shape index (κ3) is 3.04. The lowest BCUT2D eigenvalue weighted by Crippen LogP contribution is -2.27. The molecular formula is C18H17NO4. The van der Waals surface area contributed by atoms with Crippen LogP contribution in [0.3, 0.4) is 0 Å². The second kappa shape index (κ2) is 6.52. The first-order valence-electron chi connectivity index (χ1n) is 7.40. The number of hydrogen-bond acceptors (Lipinski definition) is 4. The van der Waals surface area contributed by atoms with E-state index < -0.39 is 5.97 Å². The molecule has 0 saturated heterocycles. The van der Waals surface area contributed by atoms with Crippen LogP contribution in [0.15, 0.2) is 48.5 Å². The smallest absolute Gasteiger partial charge is 0.339 e. The number of fused-ring (bicyclic) bond motifs is 1. The molecule has 0 spiro atoms. The normalized spacial score (nSPS) is 16.0. The minimum absolute atomic E-state index is 0.155. The molecular weight excluding hydrogens is 294 g/mol. The van der Waals surface area contributed by atoms with Crippen LogP contribution in [0.5, 0.6) is 5.75 Å². The summed E-state index contributed by atoms with van der Waals surface area (Å²) in [5.41, 5.74) is 1.66. The number of esters is 1. The summed E-state index contributed by atoms with van der Waals surface area (Å²) >= 11 is 0. The Kier molecular flexibility index (Phi) is 4.28. The number of para-hydroxylation sites is 2. The van der Waals surface area contributed by atoms with E-state index in [1.165, 1.54) is 7.11 Å². The van der Waals surface area contributed by atoms with Gasteiger partial charge in [0.05, 0.1) is 30.9 Å². The number of amides is 1. The number of methoxy groups -OCH3 is 1. The van der Waals surface area contributed by atoms with E-state index in [4.69, 9.17) is 9.47 Å². The van der Waals surface area contributed by atoms with E-state index in [9.17, 15) is 9.59 Å². The third-order valence-electron chi connectivity index (χ3n) is 3.87. The molecule has 1 N–H and O–H groups in total. The highest BCUT2D eigenvalue weighted by Crippen LogP contribution is 2.34. The van der Waals surface area contributed by atoms with Gasteiger partial charge in [-0.05, 0) is 24.6 Å². The van der Waals surface area contributed by atoms with Crippen molar-refractivity contribution in [2.24, 2.45) is 0 Å². The van der Waals surface area contributed by atoms with Crippen LogP contribution in [0.25, 0.3) is 0 Å². The van der Waals surface area contributed by atoms with Crippen molar-refractivity contribution in [2.45, 2.75) is 12.3 Å². The lowest BCUT2D eigenvalue weighted by atomic mass is 9.92. The molecule has 0 fully saturated rings. The van der Waals surface area contributed by atoms with Gasteiger partial charge in [0.15, 0.2) is 0 Å². The maximum atomic E-state index is 12.7. The Hall–Kier alpha value is -2.82. The van der Waals surface area contributed by atoms with Gasteiger partial charge >= 0.3 is 5.97 Å². The molecule has 0 aliphatic carbocycles. The molecule has 2 aromatic rings. The van der Waals surface area contributed by atoms with Crippen LogP contribution < -0.4 is 10.1 Å². The van der Waals surface area contributed by atoms with Crippen molar-refractivity contribution in [2.75, 3.05) is 19.0 Å². The van der Waals surface area contributed by atoms with Gasteiger partial charge in [0.2, 0.25) is 5.91 Å². The number of anilines is 1. The van der Waals surface area contributed by atoms with E-state index in [1.807, 2.05) is 24.3 Å². The minimum Gasteiger partial charge on any atom is -0.493 e. The number of benzene rings is 2. The zero-order chi connectivity index (χ0) is 16.2. The number of rotatable bonds is 3. The van der Waals surface area contributed by atoms with Crippen LogP contribution in [-0.2, 0) is 9.53 Å². The Labute approximate surface area is 134 Å². The zero-order valence-electron chi connectivity index (χ0n) is 12.7. The highest BCUT2D eigenvalue weighted by molar-refractivity contribution is 6.03. The van der Waals surface area contributed by atoms with Crippen molar-refractivity contribution in [3.63, 3.8) is 0 Å². The summed E-state index contributed by atoms with van der Waals surface area (Å²) in [6.45, 7) is 0.494. The lowest BCUT2D eigenvalue weighted by Gasteiger charge is -2.25. The van der Waals surface area contributed by atoms with Gasteiger partial charge in [-0.3, -0.25) is 4.79 Å². The molecule has 0 radical (unpaired) electrons. The molecule has 2 aromatic carbocycles. The second-order valence-electron chi connectivity index (χ2n) is 5.25. The fraction of sp³-hybridized carbons (Fsp3) is 0.222. The molecule has 1 aliphatic heterocycles. The van der Waals surface area contributed by atoms with Crippen molar-refractivity contribution in [1.29, 1.82) is 0 Å². The molecule has 3 rings (SSSR count). The Morgan fingerprint density at radius 2 is 1.87 bits per heavy atom. The van der Waals surface area contributed by atoms with Crippen LogP contribution in [-0.4, -0.2) is 25.6 Å². The van der Waals surface area contributed by atoms with Gasteiger partial charge in [-0.1, -0.05) is 30.3 Å². The third-order valence-corrected chi connectivity index (χ3v) is 3.87. The van der Waals surface area contributed by atoms with Gasteiger partial charge < -0.3 is 14.8 Å². The number of nitrogens with one attached hydrogen (secondary N) is 1. The van der Waals surface area contributed by atoms with Crippen molar-refractivity contribution in [3.05, 3.63) is 59.7 Å². The predicted molar refractivity (Wildman–Crippen MR) is 85.7 cm³/mol. The quantitative estimate of drug-likeness (QED) is 0.885. The summed E-state index contributed by atoms with van der Waals surface area (Å²) in [5.74, 6) is -0.198. The fourth-order valence-corrected chi connectivity index (χ4v) is 2.71. The topological polar surface area (TPSA) is 64.6 Å². The molecule has 0 aromatic heterocycles. The standard InChI is InChI=1S/C18H17NO4/c1-22-18(21)14-7-2-4-8-15(14)19-17(20)13-10-11-23-16-9-5-3-6-12(13)16/h2-9,13H,10-11H2,1H3,(H,19,20). The summed E-state index contributed by atoms with van der Waals surface area (Å²) < 4.78 is 10.3. The highest BCUT2D eigenvalue weighted by atomic mass is 16.5. The molecule has 0 saturated carbocycles. The van der Waals surface area contributed by atoms with Gasteiger partial charge in [0.1, 0.15) is 5.75 Å². The molecule has 1 unspecified atom stereocenters. The van der Waals surface area contributed by atoms with Crippen molar-refractivity contribution < 1.29 is 19.1 Å². The molecule has 1 amide bonds. The molecule has 0 bridgehead atoms. The van der Waals surface area contributed by atoms with E-state index in [-0.39, 0.29) is 11.8 Å². The van der Waals surface area contributed by atoms with Gasteiger partial charge in [-0.2, -0.15) is 0 Å². The van der Waals surface area contributed by atoms with Crippen molar-refractivity contribution in [1.82, 2.24) is 0 Å². The van der Waals surface area contributed by atoms with E-state index in [2.05, 4.69) is 5.32 Å². The van der Waals surface area contributed by atoms with Crippen LogP contribution in [0.4, 0.5) is 5.69 Å². The van der Waals surface area contributed by atoms with Crippen LogP contribution in [0, 0.1) is 0 Å². The number of hydrogen-bond donors (Lipinski definition) is 1. The molecule has 23 heavy (non-hydrogen) atoms. The first kappa shape index (κ1) is 15.1.